The van der Waals surface area contributed by atoms with E-state index in [4.69, 9.17) is 0 Å². The highest BCUT2D eigenvalue weighted by atomic mass is 32.1. The minimum Gasteiger partial charge on any atom is -0.312 e. The molecule has 3 heteroatoms. The summed E-state index contributed by atoms with van der Waals surface area (Å²) in [5.41, 5.74) is 0. The van der Waals surface area contributed by atoms with Crippen LogP contribution in [0.2, 0.25) is 0 Å². The van der Waals surface area contributed by atoms with Gasteiger partial charge in [0.25, 0.3) is 0 Å². The molecule has 17 heavy (non-hydrogen) atoms. The molecule has 0 spiro atoms. The molecule has 1 atom stereocenters. The van der Waals surface area contributed by atoms with Crippen molar-refractivity contribution in [3.8, 4) is 0 Å². The molecule has 0 saturated carbocycles. The predicted molar refractivity (Wildman–Crippen MR) is 80.2 cm³/mol. The van der Waals surface area contributed by atoms with Crippen LogP contribution in [0.4, 0.5) is 0 Å². The van der Waals surface area contributed by atoms with Crippen molar-refractivity contribution >= 4 is 32.1 Å². The van der Waals surface area contributed by atoms with Crippen LogP contribution in [0.15, 0.2) is 17.5 Å². The van der Waals surface area contributed by atoms with Crippen LogP contribution in [0.5, 0.6) is 0 Å². The summed E-state index contributed by atoms with van der Waals surface area (Å²) in [5, 5.41) is 5.64. The molecule has 2 heterocycles. The third-order valence-electron chi connectivity index (χ3n) is 3.12. The monoisotopic (exact) mass is 267 g/mol. The van der Waals surface area contributed by atoms with Crippen LogP contribution in [0.1, 0.15) is 44.0 Å². The fraction of sp³-hybridized carbons (Fsp3) is 0.571. The van der Waals surface area contributed by atoms with Crippen molar-refractivity contribution in [3.63, 3.8) is 0 Å². The molecule has 0 aliphatic carbocycles. The molecule has 0 fully saturated rings. The molecule has 0 aliphatic rings. The molecule has 0 radical (unpaired) electrons. The van der Waals surface area contributed by atoms with Crippen LogP contribution in [0, 0.1) is 5.92 Å². The Hall–Kier alpha value is -0.380. The van der Waals surface area contributed by atoms with Gasteiger partial charge in [0.1, 0.15) is 0 Å². The molecule has 0 amide bonds. The topological polar surface area (TPSA) is 12.0 Å². The van der Waals surface area contributed by atoms with E-state index in [1.165, 1.54) is 33.5 Å². The van der Waals surface area contributed by atoms with E-state index in [2.05, 4.69) is 43.7 Å². The smallest absolute Gasteiger partial charge is 0.0454 e. The Balaban J connectivity index is 2.00. The minimum absolute atomic E-state index is 0.540. The van der Waals surface area contributed by atoms with E-state index in [0.717, 1.165) is 5.92 Å². The van der Waals surface area contributed by atoms with Gasteiger partial charge in [0.15, 0.2) is 0 Å². The lowest BCUT2D eigenvalue weighted by Crippen LogP contribution is -2.15. The molecule has 1 nitrogen and oxygen atoms in total. The third-order valence-corrected chi connectivity index (χ3v) is 5.33. The number of hydrogen-bond donors (Lipinski definition) is 1. The average Bonchev–Trinajstić information content (AvgIpc) is 2.83. The Kier molecular flexibility index (Phi) is 4.60. The second kappa shape index (κ2) is 5.98. The predicted octanol–water partition coefficient (Wildman–Crippen LogP) is 5.05. The lowest BCUT2D eigenvalue weighted by Gasteiger charge is -2.14. The largest absolute Gasteiger partial charge is 0.312 e. The van der Waals surface area contributed by atoms with Crippen LogP contribution in [0.25, 0.3) is 9.40 Å². The van der Waals surface area contributed by atoms with Gasteiger partial charge < -0.3 is 5.32 Å². The SMILES string of the molecule is CNC(CCCC(C)C)c1cc2sccc2s1. The normalized spacial score (nSPS) is 13.6. The molecule has 0 aromatic carbocycles. The fourth-order valence-corrected chi connectivity index (χ4v) is 4.38. The van der Waals surface area contributed by atoms with E-state index < -0.39 is 0 Å². The first-order chi connectivity index (χ1) is 8.20. The average molecular weight is 267 g/mol. The van der Waals surface area contributed by atoms with Crippen molar-refractivity contribution in [2.45, 2.75) is 39.2 Å². The number of rotatable bonds is 6. The first kappa shape index (κ1) is 13.1. The maximum atomic E-state index is 3.46. The van der Waals surface area contributed by atoms with E-state index in [9.17, 15) is 0 Å². The quantitative estimate of drug-likeness (QED) is 0.772. The lowest BCUT2D eigenvalue weighted by atomic mass is 10.0. The van der Waals surface area contributed by atoms with Crippen LogP contribution in [0.3, 0.4) is 0 Å². The standard InChI is InChI=1S/C14H21NS2/c1-10(2)5-4-6-11(15-3)13-9-14-12(17-13)7-8-16-14/h7-11,15H,4-6H2,1-3H3. The first-order valence-corrected chi connectivity index (χ1v) is 8.04. The molecule has 2 aromatic heterocycles. The van der Waals surface area contributed by atoms with E-state index in [1.54, 1.807) is 0 Å². The van der Waals surface area contributed by atoms with Gasteiger partial charge in [0.2, 0.25) is 0 Å². The molecule has 2 aromatic rings. The van der Waals surface area contributed by atoms with Gasteiger partial charge in [0.05, 0.1) is 0 Å². The molecule has 0 aliphatic heterocycles. The van der Waals surface area contributed by atoms with Gasteiger partial charge in [-0.1, -0.05) is 26.7 Å². The van der Waals surface area contributed by atoms with E-state index in [-0.39, 0.29) is 0 Å². The molecule has 94 valence electrons. The Morgan fingerprint density at radius 2 is 2.06 bits per heavy atom. The summed E-state index contributed by atoms with van der Waals surface area (Å²) < 4.78 is 2.88. The minimum atomic E-state index is 0.540. The van der Waals surface area contributed by atoms with Gasteiger partial charge in [-0.05, 0) is 36.9 Å². The summed E-state index contributed by atoms with van der Waals surface area (Å²) >= 11 is 3.79. The summed E-state index contributed by atoms with van der Waals surface area (Å²) in [6.07, 6.45) is 3.90. The molecule has 2 rings (SSSR count). The van der Waals surface area contributed by atoms with E-state index >= 15 is 0 Å². The Morgan fingerprint density at radius 1 is 1.24 bits per heavy atom. The molecule has 1 N–H and O–H groups in total. The first-order valence-electron chi connectivity index (χ1n) is 6.35. The van der Waals surface area contributed by atoms with Crippen LogP contribution >= 0.6 is 22.7 Å². The van der Waals surface area contributed by atoms with Crippen molar-refractivity contribution in [2.75, 3.05) is 7.05 Å². The van der Waals surface area contributed by atoms with Crippen molar-refractivity contribution in [2.24, 2.45) is 5.92 Å². The summed E-state index contributed by atoms with van der Waals surface area (Å²) in [5.74, 6) is 0.819. The maximum Gasteiger partial charge on any atom is 0.0454 e. The van der Waals surface area contributed by atoms with Gasteiger partial charge in [-0.3, -0.25) is 0 Å². The number of fused-ring (bicyclic) bond motifs is 1. The highest BCUT2D eigenvalue weighted by Gasteiger charge is 2.13. The van der Waals surface area contributed by atoms with Gasteiger partial charge in [-0.2, -0.15) is 0 Å². The zero-order valence-corrected chi connectivity index (χ0v) is 12.5. The molecular weight excluding hydrogens is 246 g/mol. The summed E-state index contributed by atoms with van der Waals surface area (Å²) in [7, 11) is 2.08. The fourth-order valence-electron chi connectivity index (χ4n) is 2.12. The maximum absolute atomic E-state index is 3.46. The lowest BCUT2D eigenvalue weighted by molar-refractivity contribution is 0.475. The Morgan fingerprint density at radius 3 is 2.71 bits per heavy atom. The highest BCUT2D eigenvalue weighted by Crippen LogP contribution is 2.35. The van der Waals surface area contributed by atoms with Gasteiger partial charge >= 0.3 is 0 Å². The zero-order chi connectivity index (χ0) is 12.3. The van der Waals surface area contributed by atoms with Gasteiger partial charge in [0, 0.05) is 20.3 Å². The second-order valence-corrected chi connectivity index (χ2v) is 7.03. The van der Waals surface area contributed by atoms with Gasteiger partial charge in [-0.25, -0.2) is 0 Å². The summed E-state index contributed by atoms with van der Waals surface area (Å²) in [6, 6.07) is 5.13. The molecule has 0 saturated heterocycles. The van der Waals surface area contributed by atoms with E-state index in [0.29, 0.717) is 6.04 Å². The second-order valence-electron chi connectivity index (χ2n) is 4.96. The number of thiophene rings is 2. The Labute approximate surface area is 112 Å². The highest BCUT2D eigenvalue weighted by molar-refractivity contribution is 7.26. The van der Waals surface area contributed by atoms with Crippen LogP contribution < -0.4 is 5.32 Å². The zero-order valence-electron chi connectivity index (χ0n) is 10.8. The summed E-state index contributed by atoms with van der Waals surface area (Å²) in [6.45, 7) is 4.60. The van der Waals surface area contributed by atoms with Crippen molar-refractivity contribution < 1.29 is 0 Å². The van der Waals surface area contributed by atoms with Crippen LogP contribution in [-0.2, 0) is 0 Å². The molecule has 0 bridgehead atoms. The third kappa shape index (κ3) is 3.30. The van der Waals surface area contributed by atoms with E-state index in [1.807, 2.05) is 22.7 Å². The number of nitrogens with one attached hydrogen (secondary N) is 1. The van der Waals surface area contributed by atoms with Gasteiger partial charge in [-0.15, -0.1) is 22.7 Å². The summed E-state index contributed by atoms with van der Waals surface area (Å²) in [4.78, 5) is 1.50. The van der Waals surface area contributed by atoms with Crippen LogP contribution in [-0.4, -0.2) is 7.05 Å². The number of hydrogen-bond acceptors (Lipinski definition) is 3. The molecular formula is C14H21NS2. The Bertz CT molecular complexity index is 427. The van der Waals surface area contributed by atoms with Crippen molar-refractivity contribution in [1.82, 2.24) is 5.32 Å². The van der Waals surface area contributed by atoms with Crippen molar-refractivity contribution in [1.29, 1.82) is 0 Å². The molecule has 1 unspecified atom stereocenters. The van der Waals surface area contributed by atoms with Crippen molar-refractivity contribution in [3.05, 3.63) is 22.4 Å².